The minimum absolute atomic E-state index is 0.00464. The normalized spacial score (nSPS) is 17.2. The first kappa shape index (κ1) is 27.6. The van der Waals surface area contributed by atoms with E-state index < -0.39 is 23.1 Å². The maximum absolute atomic E-state index is 14.4. The Morgan fingerprint density at radius 3 is 2.38 bits per heavy atom. The number of rotatable bonds is 9. The van der Waals surface area contributed by atoms with Crippen molar-refractivity contribution in [1.82, 2.24) is 23.7 Å². The van der Waals surface area contributed by atoms with Crippen LogP contribution in [0.5, 0.6) is 5.88 Å². The fourth-order valence-electron chi connectivity index (χ4n) is 5.00. The van der Waals surface area contributed by atoms with Crippen molar-refractivity contribution in [2.75, 3.05) is 6.61 Å². The zero-order valence-corrected chi connectivity index (χ0v) is 22.2. The molecule has 2 unspecified atom stereocenters. The summed E-state index contributed by atoms with van der Waals surface area (Å²) < 4.78 is 52.7. The summed E-state index contributed by atoms with van der Waals surface area (Å²) in [7, 11) is 0. The molecule has 3 aromatic heterocycles. The van der Waals surface area contributed by atoms with Crippen LogP contribution >= 0.6 is 0 Å². The average molecular weight is 558 g/mol. The van der Waals surface area contributed by atoms with Gasteiger partial charge < -0.3 is 14.4 Å². The van der Waals surface area contributed by atoms with Crippen LogP contribution in [0.4, 0.5) is 13.2 Å². The van der Waals surface area contributed by atoms with E-state index in [1.807, 2.05) is 6.92 Å². The highest BCUT2D eigenvalue weighted by molar-refractivity contribution is 5.78. The van der Waals surface area contributed by atoms with Gasteiger partial charge in [-0.15, -0.1) is 0 Å². The van der Waals surface area contributed by atoms with Gasteiger partial charge in [0.1, 0.15) is 11.9 Å². The summed E-state index contributed by atoms with van der Waals surface area (Å²) in [5, 5.41) is 9.30. The lowest BCUT2D eigenvalue weighted by Gasteiger charge is -2.33. The molecule has 1 fully saturated rings. The second-order valence-electron chi connectivity index (χ2n) is 9.99. The van der Waals surface area contributed by atoms with Gasteiger partial charge >= 0.3 is 11.9 Å². The lowest BCUT2D eigenvalue weighted by Crippen LogP contribution is -2.40. The highest BCUT2D eigenvalue weighted by Gasteiger charge is 2.39. The number of aryl methyl sites for hydroxylation is 1. The largest absolute Gasteiger partial charge is 0.474 e. The van der Waals surface area contributed by atoms with E-state index in [1.54, 1.807) is 37.3 Å². The van der Waals surface area contributed by atoms with Gasteiger partial charge in [0.05, 0.1) is 0 Å². The molecule has 1 saturated carbocycles. The van der Waals surface area contributed by atoms with Crippen LogP contribution in [0.3, 0.4) is 0 Å². The number of benzene rings is 1. The van der Waals surface area contributed by atoms with Gasteiger partial charge in [0, 0.05) is 37.9 Å². The predicted molar refractivity (Wildman–Crippen MR) is 142 cm³/mol. The summed E-state index contributed by atoms with van der Waals surface area (Å²) in [6.45, 7) is 3.54. The van der Waals surface area contributed by atoms with Gasteiger partial charge in [-0.3, -0.25) is 13.9 Å². The third-order valence-electron chi connectivity index (χ3n) is 7.35. The van der Waals surface area contributed by atoms with Gasteiger partial charge in [0.25, 0.3) is 5.56 Å². The number of fused-ring (bicyclic) bond motifs is 1. The molecule has 1 aliphatic carbocycles. The highest BCUT2D eigenvalue weighted by Crippen LogP contribution is 2.39. The number of nitrogens with zero attached hydrogens (tertiary/aromatic N) is 5. The Morgan fingerprint density at radius 1 is 1.02 bits per heavy atom. The fraction of sp³-hybridized carbons (Fsp3) is 0.429. The molecule has 5 rings (SSSR count). The summed E-state index contributed by atoms with van der Waals surface area (Å²) >= 11 is 0. The van der Waals surface area contributed by atoms with Crippen molar-refractivity contribution in [1.29, 1.82) is 0 Å². The van der Waals surface area contributed by atoms with E-state index in [4.69, 9.17) is 4.74 Å². The number of aromatic nitrogens is 5. The number of pyridine rings is 1. The van der Waals surface area contributed by atoms with E-state index in [0.717, 1.165) is 23.0 Å². The summed E-state index contributed by atoms with van der Waals surface area (Å²) in [4.78, 5) is 35.2. The van der Waals surface area contributed by atoms with Crippen LogP contribution in [0.2, 0.25) is 0 Å². The third kappa shape index (κ3) is 5.03. The molecule has 0 spiro atoms. The summed E-state index contributed by atoms with van der Waals surface area (Å²) in [5.41, 5.74) is -2.14. The van der Waals surface area contributed by atoms with Gasteiger partial charge in [0.2, 0.25) is 5.88 Å². The molecule has 0 radical (unpaired) electrons. The number of halogens is 3. The van der Waals surface area contributed by atoms with Crippen LogP contribution in [0, 0.1) is 5.92 Å². The molecule has 1 N–H and O–H groups in total. The SMILES string of the molecule is CCn1c(=O)n(CCCO)c(=O)c2c1nc(-c1ccc(OC3CCC3C)nc1C(F)(F)F)n2Cc1ccccc1. The molecule has 1 aliphatic rings. The van der Waals surface area contributed by atoms with Crippen molar-refractivity contribution < 1.29 is 23.0 Å². The van der Waals surface area contributed by atoms with Crippen molar-refractivity contribution in [3.63, 3.8) is 0 Å². The molecule has 2 atom stereocenters. The van der Waals surface area contributed by atoms with Crippen LogP contribution in [-0.2, 0) is 25.8 Å². The lowest BCUT2D eigenvalue weighted by molar-refractivity contribution is -0.141. The van der Waals surface area contributed by atoms with Crippen LogP contribution in [0.1, 0.15) is 44.4 Å². The molecule has 4 aromatic rings. The van der Waals surface area contributed by atoms with Crippen molar-refractivity contribution in [2.45, 2.75) is 65.0 Å². The van der Waals surface area contributed by atoms with E-state index in [9.17, 15) is 27.9 Å². The Kier molecular flexibility index (Phi) is 7.54. The van der Waals surface area contributed by atoms with E-state index >= 15 is 0 Å². The Labute approximate surface area is 227 Å². The van der Waals surface area contributed by atoms with Gasteiger partial charge in [-0.25, -0.2) is 14.8 Å². The monoisotopic (exact) mass is 557 g/mol. The highest BCUT2D eigenvalue weighted by atomic mass is 19.4. The fourth-order valence-corrected chi connectivity index (χ4v) is 5.00. The molecular formula is C28H30F3N5O4. The van der Waals surface area contributed by atoms with Crippen LogP contribution in [0.25, 0.3) is 22.6 Å². The molecule has 0 bridgehead atoms. The Bertz CT molecular complexity index is 1640. The van der Waals surface area contributed by atoms with Crippen LogP contribution in [-0.4, -0.2) is 41.5 Å². The molecule has 1 aromatic carbocycles. The number of aliphatic hydroxyl groups excluding tert-OH is 1. The lowest BCUT2D eigenvalue weighted by atomic mass is 9.84. The Hall–Kier alpha value is -3.93. The van der Waals surface area contributed by atoms with Crippen LogP contribution < -0.4 is 16.0 Å². The zero-order chi connectivity index (χ0) is 28.6. The van der Waals surface area contributed by atoms with Gasteiger partial charge in [-0.05, 0) is 43.7 Å². The van der Waals surface area contributed by atoms with Gasteiger partial charge in [-0.1, -0.05) is 37.3 Å². The first-order valence-corrected chi connectivity index (χ1v) is 13.3. The Morgan fingerprint density at radius 2 is 1.77 bits per heavy atom. The van der Waals surface area contributed by atoms with Crippen LogP contribution in [0.15, 0.2) is 52.1 Å². The second kappa shape index (κ2) is 10.9. The number of imidazole rings is 1. The summed E-state index contributed by atoms with van der Waals surface area (Å²) in [6, 6.07) is 11.6. The quantitative estimate of drug-likeness (QED) is 0.333. The van der Waals surface area contributed by atoms with E-state index in [-0.39, 0.29) is 73.1 Å². The molecule has 3 heterocycles. The number of ether oxygens (including phenoxy) is 1. The second-order valence-corrected chi connectivity index (χ2v) is 9.99. The molecule has 40 heavy (non-hydrogen) atoms. The molecular weight excluding hydrogens is 527 g/mol. The number of alkyl halides is 3. The van der Waals surface area contributed by atoms with E-state index in [0.29, 0.717) is 0 Å². The molecule has 0 saturated heterocycles. The van der Waals surface area contributed by atoms with E-state index in [2.05, 4.69) is 9.97 Å². The average Bonchev–Trinajstić information content (AvgIpc) is 3.29. The minimum Gasteiger partial charge on any atom is -0.474 e. The standard InChI is InChI=1S/C28H30F3N5O4/c1-3-34-25-22(26(38)35(27(34)39)14-7-15-37)36(16-18-8-5-4-6-9-18)24(33-25)19-11-13-21(32-23(19)28(29,30)31)40-20-12-10-17(20)2/h4-6,8-9,11,13,17,20,37H,3,7,10,12,14-16H2,1-2H3. The number of hydrogen-bond donors (Lipinski definition) is 1. The van der Waals surface area contributed by atoms with Crippen molar-refractivity contribution in [3.05, 3.63) is 74.6 Å². The minimum atomic E-state index is -4.85. The smallest absolute Gasteiger partial charge is 0.434 e. The topological polar surface area (TPSA) is 104 Å². The summed E-state index contributed by atoms with van der Waals surface area (Å²) in [6.07, 6.45) is -3.20. The number of aliphatic hydroxyl groups is 1. The first-order chi connectivity index (χ1) is 19.1. The van der Waals surface area contributed by atoms with Crippen molar-refractivity contribution in [3.8, 4) is 17.3 Å². The first-order valence-electron chi connectivity index (χ1n) is 13.3. The summed E-state index contributed by atoms with van der Waals surface area (Å²) in [5.74, 6) is -0.0410. The molecule has 0 aliphatic heterocycles. The van der Waals surface area contributed by atoms with E-state index in [1.165, 1.54) is 21.3 Å². The zero-order valence-electron chi connectivity index (χ0n) is 22.2. The van der Waals surface area contributed by atoms with Crippen molar-refractivity contribution >= 4 is 11.2 Å². The van der Waals surface area contributed by atoms with Gasteiger partial charge in [0.15, 0.2) is 16.9 Å². The molecule has 0 amide bonds. The molecule has 9 nitrogen and oxygen atoms in total. The van der Waals surface area contributed by atoms with Gasteiger partial charge in [-0.2, -0.15) is 13.2 Å². The predicted octanol–water partition coefficient (Wildman–Crippen LogP) is 4.07. The third-order valence-corrected chi connectivity index (χ3v) is 7.35. The maximum Gasteiger partial charge on any atom is 0.434 e. The molecule has 12 heteroatoms. The number of hydrogen-bond acceptors (Lipinski definition) is 6. The molecule has 212 valence electrons. The maximum atomic E-state index is 14.4. The van der Waals surface area contributed by atoms with Crippen molar-refractivity contribution in [2.24, 2.45) is 5.92 Å². The Balaban J connectivity index is 1.78.